The minimum Gasteiger partial charge on any atom is -1.00 e. The number of phosphoric ester groups is 1. The Bertz CT molecular complexity index is 577. The Balaban J connectivity index is -0.0000000599. The van der Waals surface area contributed by atoms with Gasteiger partial charge >= 0.3 is 78.1 Å². The number of unbranched alkanes of at least 4 members (excludes halogenated alkanes) is 1. The molecule has 2 atom stereocenters. The molecule has 0 radical (unpaired) electrons. The van der Waals surface area contributed by atoms with Crippen molar-refractivity contribution in [1.82, 2.24) is 0 Å². The van der Waals surface area contributed by atoms with Crippen LogP contribution in [0.4, 0.5) is 0 Å². The predicted octanol–water partition coefficient (Wildman–Crippen LogP) is -1.77. The number of hydrogen-bond donors (Lipinski definition) is 7. The summed E-state index contributed by atoms with van der Waals surface area (Å²) in [4.78, 5) is 36.7. The molecule has 0 aromatic rings. The van der Waals surface area contributed by atoms with Crippen LogP contribution in [-0.4, -0.2) is 96.9 Å². The molecule has 0 saturated heterocycles. The molecule has 148 valence electrons. The number of hydrogen-bond acceptors (Lipinski definition) is 9. The fourth-order valence-corrected chi connectivity index (χ4v) is 2.53. The van der Waals surface area contributed by atoms with Crippen molar-refractivity contribution in [3.8, 4) is 0 Å². The molecule has 0 rings (SSSR count). The van der Waals surface area contributed by atoms with E-state index < -0.39 is 38.1 Å². The topological polar surface area (TPSA) is 257 Å². The van der Waals surface area contributed by atoms with Crippen molar-refractivity contribution in [2.45, 2.75) is 25.3 Å². The van der Waals surface area contributed by atoms with E-state index in [0.717, 1.165) is 0 Å². The molecular weight excluding hydrogens is 435 g/mol. The molecule has 0 amide bonds. The second kappa shape index (κ2) is 15.1. The standard InChI is InChI=1S/C6H16N2O8P2.2Mg.H2O4S.4H/c7-4-2-1-3-5(8)6(9)15-18(13,14)16-17(10,11)12;;;1-5(2,3)4;;;;/h5H,1-4,7-8H2,(H,13,14)(H2,10,11,12);;;(H2,1,2,3,4);;;;/q;2*+2;;4*-1/t5-;;;;;;;/m0......./s1. The van der Waals surface area contributed by atoms with Gasteiger partial charge in [-0.15, -0.1) is 0 Å². The molecular formula is C6H22Mg2N2O12P2S. The Morgan fingerprint density at radius 1 is 1.12 bits per heavy atom. The van der Waals surface area contributed by atoms with Crippen LogP contribution in [0.15, 0.2) is 0 Å². The maximum atomic E-state index is 11.2. The van der Waals surface area contributed by atoms with Crippen LogP contribution in [0, 0.1) is 0 Å². The van der Waals surface area contributed by atoms with E-state index in [4.69, 9.17) is 43.7 Å². The molecule has 0 bridgehead atoms. The molecule has 0 aromatic carbocycles. The van der Waals surface area contributed by atoms with Crippen LogP contribution in [0.3, 0.4) is 0 Å². The zero-order valence-electron chi connectivity index (χ0n) is 16.9. The summed E-state index contributed by atoms with van der Waals surface area (Å²) in [6, 6.07) is -1.20. The van der Waals surface area contributed by atoms with Crippen LogP contribution in [-0.2, 0) is 33.2 Å². The van der Waals surface area contributed by atoms with Gasteiger partial charge in [-0.3, -0.25) is 14.0 Å². The Kier molecular flexibility index (Phi) is 20.3. The van der Waals surface area contributed by atoms with Crippen molar-refractivity contribution >= 4 is 78.1 Å². The molecule has 0 heterocycles. The minimum absolute atomic E-state index is 0. The van der Waals surface area contributed by atoms with Gasteiger partial charge in [0.25, 0.3) is 0 Å². The van der Waals surface area contributed by atoms with Crippen LogP contribution in [0.2, 0.25) is 0 Å². The first-order valence-corrected chi connectivity index (χ1v) is 9.98. The number of rotatable bonds is 8. The van der Waals surface area contributed by atoms with Crippen LogP contribution >= 0.6 is 15.6 Å². The average Bonchev–Trinajstić information content (AvgIpc) is 2.22. The molecule has 0 spiro atoms. The molecule has 0 aromatic heterocycles. The van der Waals surface area contributed by atoms with Crippen molar-refractivity contribution in [2.75, 3.05) is 6.54 Å². The Morgan fingerprint density at radius 3 is 1.84 bits per heavy atom. The summed E-state index contributed by atoms with van der Waals surface area (Å²) >= 11 is 0. The molecule has 0 aliphatic carbocycles. The molecule has 0 saturated carbocycles. The normalized spacial score (nSPS) is 14.5. The van der Waals surface area contributed by atoms with E-state index in [1.807, 2.05) is 0 Å². The molecule has 0 fully saturated rings. The number of phosphoric acid groups is 2. The van der Waals surface area contributed by atoms with Crippen molar-refractivity contribution in [2.24, 2.45) is 11.5 Å². The van der Waals surface area contributed by atoms with Gasteiger partial charge in [0.15, 0.2) is 0 Å². The van der Waals surface area contributed by atoms with E-state index in [0.29, 0.717) is 19.4 Å². The smallest absolute Gasteiger partial charge is 1.00 e. The summed E-state index contributed by atoms with van der Waals surface area (Å²) in [7, 11) is -15.1. The summed E-state index contributed by atoms with van der Waals surface area (Å²) in [6.07, 6.45) is 1.27. The van der Waals surface area contributed by atoms with Gasteiger partial charge in [-0.1, -0.05) is 6.42 Å². The Labute approximate surface area is 181 Å². The van der Waals surface area contributed by atoms with Crippen molar-refractivity contribution in [1.29, 1.82) is 0 Å². The van der Waals surface area contributed by atoms with Gasteiger partial charge in [-0.05, 0) is 19.4 Å². The fourth-order valence-electron chi connectivity index (χ4n) is 0.959. The largest absolute Gasteiger partial charge is 2.00 e. The summed E-state index contributed by atoms with van der Waals surface area (Å²) in [5, 5.41) is 0. The van der Waals surface area contributed by atoms with E-state index in [2.05, 4.69) is 8.83 Å². The maximum absolute atomic E-state index is 11.2. The number of nitrogens with two attached hydrogens (primary N) is 2. The van der Waals surface area contributed by atoms with Crippen LogP contribution < -0.4 is 11.5 Å². The van der Waals surface area contributed by atoms with E-state index in [1.54, 1.807) is 0 Å². The van der Waals surface area contributed by atoms with Gasteiger partial charge in [0, 0.05) is 0 Å². The molecule has 14 nitrogen and oxygen atoms in total. The molecule has 19 heteroatoms. The van der Waals surface area contributed by atoms with Gasteiger partial charge in [0.05, 0.1) is 0 Å². The quantitative estimate of drug-likeness (QED) is 0.0922. The third-order valence-electron chi connectivity index (χ3n) is 1.69. The van der Waals surface area contributed by atoms with Gasteiger partial charge in [-0.25, -0.2) is 13.9 Å². The summed E-state index contributed by atoms with van der Waals surface area (Å²) in [5.41, 5.74) is 10.5. The predicted molar refractivity (Wildman–Crippen MR) is 90.1 cm³/mol. The van der Waals surface area contributed by atoms with E-state index in [9.17, 15) is 13.9 Å². The van der Waals surface area contributed by atoms with Gasteiger partial charge < -0.3 is 31.5 Å². The average molecular weight is 457 g/mol. The Hall–Kier alpha value is 1.09. The van der Waals surface area contributed by atoms with E-state index in [1.165, 1.54) is 0 Å². The molecule has 25 heavy (non-hydrogen) atoms. The van der Waals surface area contributed by atoms with Gasteiger partial charge in [0.1, 0.15) is 6.04 Å². The van der Waals surface area contributed by atoms with Crippen LogP contribution in [0.1, 0.15) is 25.0 Å². The van der Waals surface area contributed by atoms with Crippen LogP contribution in [0.5, 0.6) is 0 Å². The van der Waals surface area contributed by atoms with Gasteiger partial charge in [-0.2, -0.15) is 12.7 Å². The summed E-state index contributed by atoms with van der Waals surface area (Å²) < 4.78 is 60.2. The van der Waals surface area contributed by atoms with Gasteiger partial charge in [0.2, 0.25) is 0 Å². The van der Waals surface area contributed by atoms with Crippen molar-refractivity contribution in [3.05, 3.63) is 0 Å². The molecule has 0 aliphatic heterocycles. The third-order valence-corrected chi connectivity index (χ3v) is 3.77. The number of carbonyl (C=O) groups excluding carboxylic acids is 1. The molecule has 1 unspecified atom stereocenters. The first kappa shape index (κ1) is 33.7. The second-order valence-corrected chi connectivity index (χ2v) is 7.44. The van der Waals surface area contributed by atoms with E-state index in [-0.39, 0.29) is 58.2 Å². The van der Waals surface area contributed by atoms with Crippen molar-refractivity contribution < 1.29 is 60.7 Å². The van der Waals surface area contributed by atoms with E-state index >= 15 is 0 Å². The summed E-state index contributed by atoms with van der Waals surface area (Å²) in [5.74, 6) is -1.29. The first-order valence-electron chi connectivity index (χ1n) is 5.56. The molecule has 0 aliphatic rings. The molecule has 9 N–H and O–H groups in total. The Morgan fingerprint density at radius 2 is 1.52 bits per heavy atom. The third kappa shape index (κ3) is 30.1. The number of carbonyl (C=O) groups is 1. The van der Waals surface area contributed by atoms with Crippen molar-refractivity contribution in [3.63, 3.8) is 0 Å². The maximum Gasteiger partial charge on any atom is 2.00 e. The zero-order chi connectivity index (χ0) is 18.9. The van der Waals surface area contributed by atoms with Crippen LogP contribution in [0.25, 0.3) is 0 Å². The second-order valence-electron chi connectivity index (χ2n) is 3.79. The monoisotopic (exact) mass is 456 g/mol. The fraction of sp³-hybridized carbons (Fsp3) is 0.833. The minimum atomic E-state index is -5.25. The SMILES string of the molecule is NCCCC[C@H](N)C(=O)OP(=O)(O)OP(=O)(O)O.O=S(=O)(O)O.[H-].[H-].[H-].[H-].[Mg+2].[Mg+2]. The zero-order valence-corrected chi connectivity index (χ0v) is 18.3. The summed E-state index contributed by atoms with van der Waals surface area (Å²) in [6.45, 7) is 0.404. The first-order chi connectivity index (χ1) is 10.1.